The number of hydrogen-bond acceptors (Lipinski definition) is 4. The molecule has 8 heteroatoms. The van der Waals surface area contributed by atoms with Crippen LogP contribution in [-0.2, 0) is 9.59 Å². The normalized spacial score (nSPS) is 16.8. The van der Waals surface area contributed by atoms with E-state index in [-0.39, 0.29) is 30.2 Å². The van der Waals surface area contributed by atoms with E-state index >= 15 is 0 Å². The number of nitrogens with one attached hydrogen (secondary N) is 1. The van der Waals surface area contributed by atoms with Gasteiger partial charge in [-0.15, -0.1) is 0 Å². The van der Waals surface area contributed by atoms with Crippen LogP contribution in [0.15, 0.2) is 48.5 Å². The van der Waals surface area contributed by atoms with Gasteiger partial charge in [0, 0.05) is 30.8 Å². The van der Waals surface area contributed by atoms with Crippen LogP contribution in [0.4, 0.5) is 21.5 Å². The predicted octanol–water partition coefficient (Wildman–Crippen LogP) is 2.73. The maximum atomic E-state index is 13.8. The summed E-state index contributed by atoms with van der Waals surface area (Å²) in [5.74, 6) is -2.19. The van der Waals surface area contributed by atoms with Gasteiger partial charge in [0.05, 0.1) is 16.5 Å². The zero-order valence-corrected chi connectivity index (χ0v) is 13.0. The van der Waals surface area contributed by atoms with Gasteiger partial charge >= 0.3 is 0 Å². The van der Waals surface area contributed by atoms with E-state index in [1.165, 1.54) is 4.90 Å². The van der Waals surface area contributed by atoms with Gasteiger partial charge in [-0.1, -0.05) is 18.2 Å². The van der Waals surface area contributed by atoms with Crippen LogP contribution in [0.1, 0.15) is 6.42 Å². The standard InChI is InChI=1S/C17H14FN3O4/c18-14-7-6-13(21(24)25)9-15(14)19-17(23)11-8-16(22)20(10-11)12-4-2-1-3-5-12/h1-7,9,11H,8,10H2,(H,19,23)/t11-/m1/s1. The molecule has 1 aliphatic heterocycles. The van der Waals surface area contributed by atoms with Crippen LogP contribution < -0.4 is 10.2 Å². The van der Waals surface area contributed by atoms with Crippen molar-refractivity contribution in [3.63, 3.8) is 0 Å². The molecule has 7 nitrogen and oxygen atoms in total. The minimum Gasteiger partial charge on any atom is -0.323 e. The average molecular weight is 343 g/mol. The largest absolute Gasteiger partial charge is 0.323 e. The lowest BCUT2D eigenvalue weighted by molar-refractivity contribution is -0.384. The highest BCUT2D eigenvalue weighted by molar-refractivity contribution is 6.03. The Hall–Kier alpha value is -3.29. The molecule has 128 valence electrons. The molecule has 3 rings (SSSR count). The predicted molar refractivity (Wildman–Crippen MR) is 88.6 cm³/mol. The second-order valence-corrected chi connectivity index (χ2v) is 5.65. The first kappa shape index (κ1) is 16.6. The number of amides is 2. The third-order valence-electron chi connectivity index (χ3n) is 3.98. The Kier molecular flexibility index (Phi) is 4.42. The van der Waals surface area contributed by atoms with E-state index in [0.717, 1.165) is 18.2 Å². The van der Waals surface area contributed by atoms with Crippen molar-refractivity contribution in [2.24, 2.45) is 5.92 Å². The number of nitro benzene ring substituents is 1. The van der Waals surface area contributed by atoms with Gasteiger partial charge in [-0.3, -0.25) is 19.7 Å². The van der Waals surface area contributed by atoms with E-state index in [0.29, 0.717) is 5.69 Å². The fourth-order valence-corrected chi connectivity index (χ4v) is 2.70. The number of non-ortho nitro benzene ring substituents is 1. The molecule has 2 aromatic rings. The summed E-state index contributed by atoms with van der Waals surface area (Å²) in [6, 6.07) is 11.8. The highest BCUT2D eigenvalue weighted by Gasteiger charge is 2.35. The van der Waals surface area contributed by atoms with Gasteiger partial charge in [0.2, 0.25) is 11.8 Å². The minimum atomic E-state index is -0.775. The Morgan fingerprint density at radius 2 is 1.96 bits per heavy atom. The Balaban J connectivity index is 1.74. The summed E-state index contributed by atoms with van der Waals surface area (Å²) in [5.41, 5.74) is 0.0826. The van der Waals surface area contributed by atoms with Gasteiger partial charge in [-0.25, -0.2) is 4.39 Å². The first-order valence-corrected chi connectivity index (χ1v) is 7.56. The highest BCUT2D eigenvalue weighted by atomic mass is 19.1. The lowest BCUT2D eigenvalue weighted by Crippen LogP contribution is -2.28. The zero-order valence-electron chi connectivity index (χ0n) is 13.0. The number of halogens is 1. The summed E-state index contributed by atoms with van der Waals surface area (Å²) >= 11 is 0. The second kappa shape index (κ2) is 6.68. The van der Waals surface area contributed by atoms with Crippen molar-refractivity contribution >= 4 is 28.9 Å². The number of anilines is 2. The number of carbonyl (C=O) groups is 2. The smallest absolute Gasteiger partial charge is 0.271 e. The molecule has 0 bridgehead atoms. The first-order chi connectivity index (χ1) is 12.0. The molecule has 0 aromatic heterocycles. The molecule has 1 saturated heterocycles. The van der Waals surface area contributed by atoms with E-state index in [1.54, 1.807) is 24.3 Å². The van der Waals surface area contributed by atoms with Crippen LogP contribution >= 0.6 is 0 Å². The molecular formula is C17H14FN3O4. The third kappa shape index (κ3) is 3.47. The first-order valence-electron chi connectivity index (χ1n) is 7.56. The molecule has 0 spiro atoms. The number of benzene rings is 2. The molecule has 2 amide bonds. The fourth-order valence-electron chi connectivity index (χ4n) is 2.70. The summed E-state index contributed by atoms with van der Waals surface area (Å²) in [7, 11) is 0. The minimum absolute atomic E-state index is 0.00270. The van der Waals surface area contributed by atoms with Crippen LogP contribution in [-0.4, -0.2) is 23.3 Å². The molecular weight excluding hydrogens is 329 g/mol. The van der Waals surface area contributed by atoms with E-state index in [4.69, 9.17) is 0 Å². The molecule has 1 N–H and O–H groups in total. The second-order valence-electron chi connectivity index (χ2n) is 5.65. The fraction of sp³-hybridized carbons (Fsp3) is 0.176. The molecule has 1 fully saturated rings. The number of nitro groups is 1. The molecule has 0 aliphatic carbocycles. The van der Waals surface area contributed by atoms with Crippen molar-refractivity contribution in [1.29, 1.82) is 0 Å². The molecule has 0 unspecified atom stereocenters. The number of para-hydroxylation sites is 1. The Morgan fingerprint density at radius 1 is 1.24 bits per heavy atom. The van der Waals surface area contributed by atoms with Crippen molar-refractivity contribution in [3.05, 3.63) is 64.5 Å². The van der Waals surface area contributed by atoms with E-state index in [9.17, 15) is 24.1 Å². The van der Waals surface area contributed by atoms with Crippen LogP contribution in [0.25, 0.3) is 0 Å². The number of rotatable bonds is 4. The SMILES string of the molecule is O=C(Nc1cc([N+](=O)[O-])ccc1F)[C@@H]1CC(=O)N(c2ccccc2)C1. The average Bonchev–Trinajstić information content (AvgIpc) is 2.99. The van der Waals surface area contributed by atoms with Crippen molar-refractivity contribution in [2.75, 3.05) is 16.8 Å². The van der Waals surface area contributed by atoms with Gasteiger partial charge in [0.25, 0.3) is 5.69 Å². The van der Waals surface area contributed by atoms with Crippen molar-refractivity contribution in [2.45, 2.75) is 6.42 Å². The van der Waals surface area contributed by atoms with Gasteiger partial charge in [-0.05, 0) is 18.2 Å². The van der Waals surface area contributed by atoms with Gasteiger partial charge in [0.15, 0.2) is 0 Å². The Bertz CT molecular complexity index is 841. The lowest BCUT2D eigenvalue weighted by Gasteiger charge is -2.16. The van der Waals surface area contributed by atoms with Crippen molar-refractivity contribution < 1.29 is 18.9 Å². The molecule has 2 aromatic carbocycles. The molecule has 1 aliphatic rings. The van der Waals surface area contributed by atoms with Crippen molar-refractivity contribution in [3.8, 4) is 0 Å². The van der Waals surface area contributed by atoms with Crippen molar-refractivity contribution in [1.82, 2.24) is 0 Å². The number of carbonyl (C=O) groups excluding carboxylic acids is 2. The van der Waals surface area contributed by atoms with Crippen LogP contribution in [0.3, 0.4) is 0 Å². The number of hydrogen-bond donors (Lipinski definition) is 1. The van der Waals surface area contributed by atoms with Crippen LogP contribution in [0, 0.1) is 21.8 Å². The lowest BCUT2D eigenvalue weighted by atomic mass is 10.1. The Morgan fingerprint density at radius 3 is 2.64 bits per heavy atom. The molecule has 25 heavy (non-hydrogen) atoms. The monoisotopic (exact) mass is 343 g/mol. The topological polar surface area (TPSA) is 92.5 Å². The summed E-state index contributed by atoms with van der Waals surface area (Å²) < 4.78 is 13.8. The Labute approximate surface area is 142 Å². The van der Waals surface area contributed by atoms with Gasteiger partial charge < -0.3 is 10.2 Å². The van der Waals surface area contributed by atoms with E-state index in [2.05, 4.69) is 5.32 Å². The maximum absolute atomic E-state index is 13.8. The quantitative estimate of drug-likeness (QED) is 0.682. The summed E-state index contributed by atoms with van der Waals surface area (Å²) in [5, 5.41) is 13.1. The molecule has 1 heterocycles. The third-order valence-corrected chi connectivity index (χ3v) is 3.98. The van der Waals surface area contributed by atoms with Crippen LogP contribution in [0.5, 0.6) is 0 Å². The van der Waals surface area contributed by atoms with Gasteiger partial charge in [0.1, 0.15) is 5.82 Å². The summed E-state index contributed by atoms with van der Waals surface area (Å²) in [6.45, 7) is 0.172. The van der Waals surface area contributed by atoms with Crippen LogP contribution in [0.2, 0.25) is 0 Å². The maximum Gasteiger partial charge on any atom is 0.271 e. The zero-order chi connectivity index (χ0) is 18.0. The van der Waals surface area contributed by atoms with E-state index < -0.39 is 22.6 Å². The molecule has 0 saturated carbocycles. The molecule has 0 radical (unpaired) electrons. The summed E-state index contributed by atoms with van der Waals surface area (Å²) in [6.07, 6.45) is -0.00270. The highest BCUT2D eigenvalue weighted by Crippen LogP contribution is 2.27. The summed E-state index contributed by atoms with van der Waals surface area (Å²) in [4.78, 5) is 36.1. The van der Waals surface area contributed by atoms with Gasteiger partial charge in [-0.2, -0.15) is 0 Å². The number of nitrogens with zero attached hydrogens (tertiary/aromatic N) is 2. The molecule has 1 atom stereocenters. The van der Waals surface area contributed by atoms with E-state index in [1.807, 2.05) is 6.07 Å².